The van der Waals surface area contributed by atoms with E-state index >= 15 is 0 Å². The molecule has 0 aliphatic heterocycles. The minimum atomic E-state index is -0.966. The van der Waals surface area contributed by atoms with Crippen LogP contribution in [0.1, 0.15) is 22.8 Å². The van der Waals surface area contributed by atoms with Gasteiger partial charge in [0, 0.05) is 12.0 Å². The third-order valence-corrected chi connectivity index (χ3v) is 2.83. The lowest BCUT2D eigenvalue weighted by molar-refractivity contribution is 0.173. The Hall–Kier alpha value is -1.74. The van der Waals surface area contributed by atoms with Gasteiger partial charge in [0.25, 0.3) is 0 Å². The topological polar surface area (TPSA) is 20.2 Å². The molecule has 1 nitrogen and oxygen atoms in total. The van der Waals surface area contributed by atoms with Gasteiger partial charge in [0.15, 0.2) is 0 Å². The van der Waals surface area contributed by atoms with Gasteiger partial charge < -0.3 is 5.11 Å². The number of hydrogen-bond donors (Lipinski definition) is 1. The fourth-order valence-electron chi connectivity index (χ4n) is 1.92. The van der Waals surface area contributed by atoms with Crippen LogP contribution in [-0.4, -0.2) is 5.11 Å². The monoisotopic (exact) mass is 248 g/mol. The second-order valence-electron chi connectivity index (χ2n) is 4.37. The third kappa shape index (κ3) is 2.93. The molecule has 0 saturated carbocycles. The standard InChI is InChI=1S/C15H14F2O/c1-10-5-6-14(17)13(7-10)15(18)9-11-3-2-4-12(16)8-11/h2-8,15,18H,9H2,1H3. The predicted molar refractivity (Wildman–Crippen MR) is 66.2 cm³/mol. The van der Waals surface area contributed by atoms with Crippen LogP contribution in [0.15, 0.2) is 42.5 Å². The van der Waals surface area contributed by atoms with Crippen LogP contribution in [0.2, 0.25) is 0 Å². The third-order valence-electron chi connectivity index (χ3n) is 2.83. The van der Waals surface area contributed by atoms with Crippen molar-refractivity contribution in [3.8, 4) is 0 Å². The zero-order valence-electron chi connectivity index (χ0n) is 10.0. The Labute approximate surface area is 105 Å². The SMILES string of the molecule is Cc1ccc(F)c(C(O)Cc2cccc(F)c2)c1. The van der Waals surface area contributed by atoms with Gasteiger partial charge in [-0.3, -0.25) is 0 Å². The molecule has 0 aliphatic rings. The molecule has 2 aromatic rings. The maximum atomic E-state index is 13.6. The Balaban J connectivity index is 2.21. The minimum Gasteiger partial charge on any atom is -0.388 e. The summed E-state index contributed by atoms with van der Waals surface area (Å²) in [6.07, 6.45) is -0.773. The normalized spacial score (nSPS) is 12.4. The van der Waals surface area contributed by atoms with Crippen LogP contribution in [0.4, 0.5) is 8.78 Å². The van der Waals surface area contributed by atoms with Gasteiger partial charge in [-0.1, -0.05) is 29.8 Å². The molecule has 0 spiro atoms. The van der Waals surface area contributed by atoms with Crippen molar-refractivity contribution in [3.63, 3.8) is 0 Å². The molecule has 1 atom stereocenters. The van der Waals surface area contributed by atoms with Gasteiger partial charge in [-0.15, -0.1) is 0 Å². The number of aryl methyl sites for hydroxylation is 1. The lowest BCUT2D eigenvalue weighted by atomic mass is 9.99. The smallest absolute Gasteiger partial charge is 0.129 e. The second-order valence-corrected chi connectivity index (χ2v) is 4.37. The average Bonchev–Trinajstić information content (AvgIpc) is 2.32. The lowest BCUT2D eigenvalue weighted by Gasteiger charge is -2.13. The summed E-state index contributed by atoms with van der Waals surface area (Å²) >= 11 is 0. The van der Waals surface area contributed by atoms with Crippen molar-refractivity contribution in [2.45, 2.75) is 19.4 Å². The molecule has 94 valence electrons. The highest BCUT2D eigenvalue weighted by Gasteiger charge is 2.13. The van der Waals surface area contributed by atoms with Crippen LogP contribution >= 0.6 is 0 Å². The lowest BCUT2D eigenvalue weighted by Crippen LogP contribution is -2.05. The first-order chi connectivity index (χ1) is 8.56. The molecular weight excluding hydrogens is 234 g/mol. The molecule has 2 aromatic carbocycles. The molecule has 18 heavy (non-hydrogen) atoms. The highest BCUT2D eigenvalue weighted by molar-refractivity contribution is 5.28. The van der Waals surface area contributed by atoms with Crippen molar-refractivity contribution in [1.82, 2.24) is 0 Å². The Kier molecular flexibility index (Phi) is 3.72. The highest BCUT2D eigenvalue weighted by Crippen LogP contribution is 2.22. The van der Waals surface area contributed by atoms with Crippen molar-refractivity contribution >= 4 is 0 Å². The first-order valence-electron chi connectivity index (χ1n) is 5.75. The van der Waals surface area contributed by atoms with Crippen LogP contribution in [0, 0.1) is 18.6 Å². The maximum Gasteiger partial charge on any atom is 0.129 e. The molecular formula is C15H14F2O. The summed E-state index contributed by atoms with van der Waals surface area (Å²) in [6.45, 7) is 1.83. The van der Waals surface area contributed by atoms with Gasteiger partial charge in [-0.25, -0.2) is 8.78 Å². The van der Waals surface area contributed by atoms with E-state index in [-0.39, 0.29) is 17.8 Å². The van der Waals surface area contributed by atoms with E-state index in [1.807, 2.05) is 6.92 Å². The van der Waals surface area contributed by atoms with Gasteiger partial charge in [-0.05, 0) is 30.7 Å². The maximum absolute atomic E-state index is 13.6. The van der Waals surface area contributed by atoms with Crippen molar-refractivity contribution < 1.29 is 13.9 Å². The first-order valence-corrected chi connectivity index (χ1v) is 5.75. The number of hydrogen-bond acceptors (Lipinski definition) is 1. The van der Waals surface area contributed by atoms with Gasteiger partial charge in [-0.2, -0.15) is 0 Å². The molecule has 2 rings (SSSR count). The van der Waals surface area contributed by atoms with Crippen LogP contribution in [0.5, 0.6) is 0 Å². The zero-order valence-corrected chi connectivity index (χ0v) is 10.0. The Morgan fingerprint density at radius 1 is 1.11 bits per heavy atom. The van der Waals surface area contributed by atoms with Crippen molar-refractivity contribution in [2.24, 2.45) is 0 Å². The molecule has 1 unspecified atom stereocenters. The second kappa shape index (κ2) is 5.27. The summed E-state index contributed by atoms with van der Waals surface area (Å²) in [5, 5.41) is 10.0. The minimum absolute atomic E-state index is 0.193. The van der Waals surface area contributed by atoms with Crippen LogP contribution in [0.3, 0.4) is 0 Å². The van der Waals surface area contributed by atoms with Gasteiger partial charge in [0.05, 0.1) is 6.10 Å². The van der Waals surface area contributed by atoms with Gasteiger partial charge in [0.2, 0.25) is 0 Å². The fourth-order valence-corrected chi connectivity index (χ4v) is 1.92. The molecule has 0 bridgehead atoms. The van der Waals surface area contributed by atoms with Crippen LogP contribution < -0.4 is 0 Å². The molecule has 3 heteroatoms. The molecule has 0 amide bonds. The number of rotatable bonds is 3. The number of aliphatic hydroxyl groups is 1. The first kappa shape index (κ1) is 12.7. The summed E-state index contributed by atoms with van der Waals surface area (Å²) in [5.41, 5.74) is 1.77. The van der Waals surface area contributed by atoms with E-state index in [2.05, 4.69) is 0 Å². The van der Waals surface area contributed by atoms with Gasteiger partial charge in [0.1, 0.15) is 11.6 Å². The summed E-state index contributed by atoms with van der Waals surface area (Å²) < 4.78 is 26.6. The molecule has 0 radical (unpaired) electrons. The van der Waals surface area contributed by atoms with Crippen LogP contribution in [0.25, 0.3) is 0 Å². The average molecular weight is 248 g/mol. The van der Waals surface area contributed by atoms with E-state index in [1.165, 1.54) is 18.2 Å². The largest absolute Gasteiger partial charge is 0.388 e. The van der Waals surface area contributed by atoms with E-state index in [0.29, 0.717) is 5.56 Å². The van der Waals surface area contributed by atoms with E-state index in [1.54, 1.807) is 24.3 Å². The molecule has 1 N–H and O–H groups in total. The summed E-state index contributed by atoms with van der Waals surface area (Å²) in [6, 6.07) is 10.6. The van der Waals surface area contributed by atoms with E-state index in [9.17, 15) is 13.9 Å². The molecule has 0 heterocycles. The Morgan fingerprint density at radius 2 is 1.89 bits per heavy atom. The molecule has 0 aromatic heterocycles. The molecule has 0 aliphatic carbocycles. The predicted octanol–water partition coefficient (Wildman–Crippen LogP) is 3.55. The van der Waals surface area contributed by atoms with Crippen molar-refractivity contribution in [2.75, 3.05) is 0 Å². The van der Waals surface area contributed by atoms with Gasteiger partial charge >= 0.3 is 0 Å². The fraction of sp³-hybridized carbons (Fsp3) is 0.200. The number of aliphatic hydroxyl groups excluding tert-OH is 1. The molecule has 0 fully saturated rings. The summed E-state index contributed by atoms with van der Waals surface area (Å²) in [7, 11) is 0. The highest BCUT2D eigenvalue weighted by atomic mass is 19.1. The van der Waals surface area contributed by atoms with E-state index in [4.69, 9.17) is 0 Å². The zero-order chi connectivity index (χ0) is 13.1. The van der Waals surface area contributed by atoms with Crippen molar-refractivity contribution in [1.29, 1.82) is 0 Å². The Bertz CT molecular complexity index is 552. The summed E-state index contributed by atoms with van der Waals surface area (Å²) in [5.74, 6) is -0.797. The summed E-state index contributed by atoms with van der Waals surface area (Å²) in [4.78, 5) is 0. The number of halogens is 2. The molecule has 0 saturated heterocycles. The van der Waals surface area contributed by atoms with E-state index < -0.39 is 11.9 Å². The quantitative estimate of drug-likeness (QED) is 0.880. The van der Waals surface area contributed by atoms with Crippen molar-refractivity contribution in [3.05, 3.63) is 70.8 Å². The van der Waals surface area contributed by atoms with Crippen LogP contribution in [-0.2, 0) is 6.42 Å². The number of benzene rings is 2. The van der Waals surface area contributed by atoms with E-state index in [0.717, 1.165) is 5.56 Å². The Morgan fingerprint density at radius 3 is 2.61 bits per heavy atom.